The summed E-state index contributed by atoms with van der Waals surface area (Å²) in [5.74, 6) is -0.448. The molecule has 1 heterocycles. The lowest BCUT2D eigenvalue weighted by Gasteiger charge is -2.23. The fourth-order valence-electron chi connectivity index (χ4n) is 1.08. The number of nitrogens with zero attached hydrogens (tertiary/aromatic N) is 1. The van der Waals surface area contributed by atoms with E-state index >= 15 is 0 Å². The van der Waals surface area contributed by atoms with E-state index in [0.717, 1.165) is 6.07 Å². The van der Waals surface area contributed by atoms with Crippen molar-refractivity contribution in [2.75, 3.05) is 6.61 Å². The molecule has 0 saturated carbocycles. The van der Waals surface area contributed by atoms with Crippen molar-refractivity contribution in [2.24, 2.45) is 5.73 Å². The van der Waals surface area contributed by atoms with Gasteiger partial charge in [0, 0.05) is 16.2 Å². The molecular weight excluding hydrogens is 313 g/mol. The van der Waals surface area contributed by atoms with Gasteiger partial charge in [-0.05, 0) is 35.3 Å². The summed E-state index contributed by atoms with van der Waals surface area (Å²) < 4.78 is 43.6. The van der Waals surface area contributed by atoms with Crippen molar-refractivity contribution in [1.82, 2.24) is 4.98 Å². The van der Waals surface area contributed by atoms with E-state index in [4.69, 9.17) is 10.5 Å². The van der Waals surface area contributed by atoms with Crippen LogP contribution in [0, 0.1) is 0 Å². The maximum absolute atomic E-state index is 12.8. The molecule has 0 aliphatic rings. The topological polar surface area (TPSA) is 48.1 Å². The van der Waals surface area contributed by atoms with Gasteiger partial charge in [0.05, 0.1) is 0 Å². The highest BCUT2D eigenvalue weighted by atomic mass is 79.9. The molecule has 18 heavy (non-hydrogen) atoms. The van der Waals surface area contributed by atoms with E-state index in [1.807, 2.05) is 6.92 Å². The summed E-state index contributed by atoms with van der Waals surface area (Å²) >= 11 is 2.95. The quantitative estimate of drug-likeness (QED) is 0.922. The molecule has 1 aromatic heterocycles. The molecule has 7 heteroatoms. The van der Waals surface area contributed by atoms with Crippen LogP contribution in [0.1, 0.15) is 25.8 Å². The third-order valence-electron chi connectivity index (χ3n) is 2.47. The summed E-state index contributed by atoms with van der Waals surface area (Å²) in [6.07, 6.45) is -2.67. The highest BCUT2D eigenvalue weighted by Gasteiger charge is 2.36. The van der Waals surface area contributed by atoms with Crippen LogP contribution < -0.4 is 10.5 Å². The second-order valence-electron chi connectivity index (χ2n) is 4.30. The molecule has 0 saturated heterocycles. The number of halogens is 4. The van der Waals surface area contributed by atoms with Crippen molar-refractivity contribution < 1.29 is 17.9 Å². The lowest BCUT2D eigenvalue weighted by atomic mass is 10.0. The first-order valence-corrected chi connectivity index (χ1v) is 6.09. The van der Waals surface area contributed by atoms with E-state index in [-0.39, 0.29) is 11.1 Å². The van der Waals surface area contributed by atoms with Gasteiger partial charge in [-0.15, -0.1) is 0 Å². The Morgan fingerprint density at radius 3 is 2.56 bits per heavy atom. The van der Waals surface area contributed by atoms with Gasteiger partial charge in [-0.2, -0.15) is 13.2 Å². The highest BCUT2D eigenvalue weighted by molar-refractivity contribution is 9.10. The van der Waals surface area contributed by atoms with Crippen LogP contribution in [0.4, 0.5) is 13.2 Å². The van der Waals surface area contributed by atoms with Crippen LogP contribution in [-0.2, 0) is 6.18 Å². The summed E-state index contributed by atoms with van der Waals surface area (Å²) in [5.41, 5.74) is 4.21. The Morgan fingerprint density at radius 1 is 1.44 bits per heavy atom. The Morgan fingerprint density at radius 2 is 2.06 bits per heavy atom. The third-order valence-corrected chi connectivity index (χ3v) is 2.90. The predicted molar refractivity (Wildman–Crippen MR) is 65.3 cm³/mol. The average molecular weight is 327 g/mol. The molecule has 2 N–H and O–H groups in total. The summed E-state index contributed by atoms with van der Waals surface area (Å²) in [5, 5.41) is 0. The van der Waals surface area contributed by atoms with E-state index in [0.29, 0.717) is 6.42 Å². The van der Waals surface area contributed by atoms with Crippen molar-refractivity contribution in [2.45, 2.75) is 32.0 Å². The Kier molecular flexibility index (Phi) is 4.61. The molecule has 1 atom stereocenters. The average Bonchev–Trinajstić information content (AvgIpc) is 2.26. The fraction of sp³-hybridized carbons (Fsp3) is 0.545. The van der Waals surface area contributed by atoms with Crippen LogP contribution in [0.5, 0.6) is 5.88 Å². The molecule has 1 unspecified atom stereocenters. The zero-order valence-corrected chi connectivity index (χ0v) is 11.6. The predicted octanol–water partition coefficient (Wildman–Crippen LogP) is 3.37. The SMILES string of the molecule is CCC(C)(N)COc1ncc(Br)cc1C(F)(F)F. The van der Waals surface area contributed by atoms with Gasteiger partial charge < -0.3 is 10.5 Å². The molecular formula is C11H14BrF3N2O. The number of aromatic nitrogens is 1. The Bertz CT molecular complexity index is 421. The largest absolute Gasteiger partial charge is 0.475 e. The lowest BCUT2D eigenvalue weighted by Crippen LogP contribution is -2.41. The Labute approximate surface area is 112 Å². The number of rotatable bonds is 4. The molecule has 3 nitrogen and oxygen atoms in total. The van der Waals surface area contributed by atoms with Crippen LogP contribution in [-0.4, -0.2) is 17.1 Å². The molecule has 1 rings (SSSR count). The third kappa shape index (κ3) is 4.13. The van der Waals surface area contributed by atoms with Crippen molar-refractivity contribution >= 4 is 15.9 Å². The van der Waals surface area contributed by atoms with Crippen LogP contribution in [0.15, 0.2) is 16.7 Å². The normalized spacial score (nSPS) is 15.3. The highest BCUT2D eigenvalue weighted by Crippen LogP contribution is 2.36. The first-order chi connectivity index (χ1) is 8.15. The van der Waals surface area contributed by atoms with Crippen molar-refractivity contribution in [1.29, 1.82) is 0 Å². The van der Waals surface area contributed by atoms with Crippen LogP contribution in [0.25, 0.3) is 0 Å². The van der Waals surface area contributed by atoms with E-state index in [9.17, 15) is 13.2 Å². The molecule has 0 amide bonds. The van der Waals surface area contributed by atoms with Crippen LogP contribution in [0.2, 0.25) is 0 Å². The smallest absolute Gasteiger partial charge is 0.421 e. The van der Waals surface area contributed by atoms with Gasteiger partial charge in [-0.1, -0.05) is 6.92 Å². The number of nitrogens with two attached hydrogens (primary N) is 1. The van der Waals surface area contributed by atoms with Gasteiger partial charge in [0.25, 0.3) is 0 Å². The Hall–Kier alpha value is -0.820. The van der Waals surface area contributed by atoms with E-state index in [2.05, 4.69) is 20.9 Å². The summed E-state index contributed by atoms with van der Waals surface area (Å²) in [4.78, 5) is 3.64. The van der Waals surface area contributed by atoms with Crippen LogP contribution in [0.3, 0.4) is 0 Å². The van der Waals surface area contributed by atoms with Gasteiger partial charge in [0.1, 0.15) is 12.2 Å². The van der Waals surface area contributed by atoms with Gasteiger partial charge in [0.2, 0.25) is 5.88 Å². The molecule has 0 aliphatic carbocycles. The van der Waals surface area contributed by atoms with E-state index in [1.54, 1.807) is 6.92 Å². The molecule has 0 bridgehead atoms. The minimum atomic E-state index is -4.51. The molecule has 0 aliphatic heterocycles. The monoisotopic (exact) mass is 326 g/mol. The summed E-state index contributed by atoms with van der Waals surface area (Å²) in [6.45, 7) is 3.52. The Balaban J connectivity index is 2.96. The molecule has 1 aromatic rings. The lowest BCUT2D eigenvalue weighted by molar-refractivity contribution is -0.139. The maximum Gasteiger partial charge on any atom is 0.421 e. The molecule has 0 fully saturated rings. The minimum Gasteiger partial charge on any atom is -0.475 e. The molecule has 0 radical (unpaired) electrons. The van der Waals surface area contributed by atoms with Gasteiger partial charge in [-0.25, -0.2) is 4.98 Å². The van der Waals surface area contributed by atoms with Gasteiger partial charge >= 0.3 is 6.18 Å². The molecule has 0 spiro atoms. The maximum atomic E-state index is 12.8. The number of hydrogen-bond donors (Lipinski definition) is 1. The zero-order chi connectivity index (χ0) is 14.0. The fourth-order valence-corrected chi connectivity index (χ4v) is 1.41. The molecule has 102 valence electrons. The second kappa shape index (κ2) is 5.44. The van der Waals surface area contributed by atoms with E-state index in [1.165, 1.54) is 6.20 Å². The second-order valence-corrected chi connectivity index (χ2v) is 5.22. The summed E-state index contributed by atoms with van der Waals surface area (Å²) in [6, 6.07) is 0.933. The van der Waals surface area contributed by atoms with Gasteiger partial charge in [0.15, 0.2) is 0 Å². The first-order valence-electron chi connectivity index (χ1n) is 5.30. The van der Waals surface area contributed by atoms with Crippen molar-refractivity contribution in [3.63, 3.8) is 0 Å². The van der Waals surface area contributed by atoms with Gasteiger partial charge in [-0.3, -0.25) is 0 Å². The van der Waals surface area contributed by atoms with Crippen molar-refractivity contribution in [3.05, 3.63) is 22.3 Å². The minimum absolute atomic E-state index is 0.0266. The van der Waals surface area contributed by atoms with Crippen molar-refractivity contribution in [3.8, 4) is 5.88 Å². The molecule has 0 aromatic carbocycles. The first kappa shape index (κ1) is 15.2. The standard InChI is InChI=1S/C11H14BrF3N2O/c1-3-10(2,16)6-18-9-8(11(13,14)15)4-7(12)5-17-9/h4-5H,3,6,16H2,1-2H3. The summed E-state index contributed by atoms with van der Waals surface area (Å²) in [7, 11) is 0. The number of alkyl halides is 3. The number of hydrogen-bond acceptors (Lipinski definition) is 3. The van der Waals surface area contributed by atoms with E-state index < -0.39 is 23.2 Å². The number of pyridine rings is 1. The zero-order valence-electron chi connectivity index (χ0n) is 10.0. The number of ether oxygens (including phenoxy) is 1. The van der Waals surface area contributed by atoms with Crippen LogP contribution >= 0.6 is 15.9 Å².